The highest BCUT2D eigenvalue weighted by atomic mass is 19.3. The Labute approximate surface area is 96.0 Å². The number of carboxylic acids is 1. The first kappa shape index (κ1) is 12.9. The molecule has 4 nitrogen and oxygen atoms in total. The van der Waals surface area contributed by atoms with Crippen LogP contribution in [0.3, 0.4) is 0 Å². The molecule has 0 aliphatic rings. The second kappa shape index (κ2) is 5.25. The molecule has 0 fully saturated rings. The van der Waals surface area contributed by atoms with Crippen molar-refractivity contribution in [3.8, 4) is 11.8 Å². The van der Waals surface area contributed by atoms with Crippen molar-refractivity contribution in [3.05, 3.63) is 28.8 Å². The molecule has 0 unspecified atom stereocenters. The van der Waals surface area contributed by atoms with Gasteiger partial charge in [0.25, 0.3) is 0 Å². The van der Waals surface area contributed by atoms with E-state index in [1.165, 1.54) is 6.07 Å². The van der Waals surface area contributed by atoms with Crippen molar-refractivity contribution < 1.29 is 23.4 Å². The third kappa shape index (κ3) is 2.91. The number of halogens is 2. The lowest BCUT2D eigenvalue weighted by atomic mass is 10.0. The van der Waals surface area contributed by atoms with E-state index in [-0.39, 0.29) is 11.1 Å². The Balaban J connectivity index is 3.38. The zero-order valence-corrected chi connectivity index (χ0v) is 8.91. The van der Waals surface area contributed by atoms with E-state index < -0.39 is 18.3 Å². The van der Waals surface area contributed by atoms with Crippen LogP contribution in [0, 0.1) is 11.3 Å². The van der Waals surface area contributed by atoms with E-state index in [9.17, 15) is 13.6 Å². The van der Waals surface area contributed by atoms with Crippen LogP contribution < -0.4 is 4.74 Å². The van der Waals surface area contributed by atoms with Gasteiger partial charge in [-0.05, 0) is 24.1 Å². The summed E-state index contributed by atoms with van der Waals surface area (Å²) in [4.78, 5) is 10.8. The summed E-state index contributed by atoms with van der Waals surface area (Å²) in [5, 5.41) is 17.7. The van der Waals surface area contributed by atoms with Gasteiger partial charge in [-0.3, -0.25) is 0 Å². The van der Waals surface area contributed by atoms with Crippen LogP contribution >= 0.6 is 0 Å². The minimum Gasteiger partial charge on any atom is -0.478 e. The first-order valence-corrected chi connectivity index (χ1v) is 4.74. The molecule has 0 heterocycles. The van der Waals surface area contributed by atoms with E-state index in [0.717, 1.165) is 6.07 Å². The van der Waals surface area contributed by atoms with Gasteiger partial charge in [0.2, 0.25) is 0 Å². The van der Waals surface area contributed by atoms with E-state index in [0.29, 0.717) is 12.0 Å². The second-order valence-electron chi connectivity index (χ2n) is 3.16. The van der Waals surface area contributed by atoms with E-state index >= 15 is 0 Å². The standard InChI is InChI=1S/C11H9F2NO3/c1-2-6-3-7(10(15)16)4-9(8(6)5-14)17-11(12)13/h3-4,11H,2H2,1H3,(H,15,16). The van der Waals surface area contributed by atoms with Crippen LogP contribution in [0.4, 0.5) is 8.78 Å². The van der Waals surface area contributed by atoms with E-state index in [1.807, 2.05) is 0 Å². The Bertz CT molecular complexity index is 480. The number of nitriles is 1. The number of hydrogen-bond acceptors (Lipinski definition) is 3. The maximum atomic E-state index is 12.1. The summed E-state index contributed by atoms with van der Waals surface area (Å²) < 4.78 is 28.4. The van der Waals surface area contributed by atoms with Crippen molar-refractivity contribution in [2.75, 3.05) is 0 Å². The van der Waals surface area contributed by atoms with Crippen molar-refractivity contribution in [1.29, 1.82) is 5.26 Å². The average Bonchev–Trinajstić information content (AvgIpc) is 2.26. The lowest BCUT2D eigenvalue weighted by molar-refractivity contribution is -0.0501. The highest BCUT2D eigenvalue weighted by Crippen LogP contribution is 2.26. The Morgan fingerprint density at radius 1 is 1.59 bits per heavy atom. The smallest absolute Gasteiger partial charge is 0.387 e. The van der Waals surface area contributed by atoms with Crippen LogP contribution in [-0.2, 0) is 6.42 Å². The number of rotatable bonds is 4. The number of alkyl halides is 2. The lowest BCUT2D eigenvalue weighted by Gasteiger charge is -2.10. The van der Waals surface area contributed by atoms with Crippen LogP contribution in [0.1, 0.15) is 28.4 Å². The van der Waals surface area contributed by atoms with Gasteiger partial charge in [-0.1, -0.05) is 6.92 Å². The number of aromatic carboxylic acids is 1. The normalized spacial score (nSPS) is 10.1. The Kier molecular flexibility index (Phi) is 3.99. The van der Waals surface area contributed by atoms with Crippen LogP contribution in [0.5, 0.6) is 5.75 Å². The molecule has 6 heteroatoms. The first-order chi connectivity index (χ1) is 7.99. The molecule has 0 spiro atoms. The number of benzene rings is 1. The summed E-state index contributed by atoms with van der Waals surface area (Å²) in [6.07, 6.45) is 0.351. The molecular weight excluding hydrogens is 232 g/mol. The highest BCUT2D eigenvalue weighted by molar-refractivity contribution is 5.89. The largest absolute Gasteiger partial charge is 0.478 e. The average molecular weight is 241 g/mol. The molecule has 1 aromatic carbocycles. The summed E-state index contributed by atoms with van der Waals surface area (Å²) in [5.41, 5.74) is 0.123. The maximum absolute atomic E-state index is 12.1. The van der Waals surface area contributed by atoms with E-state index in [1.54, 1.807) is 13.0 Å². The molecule has 0 saturated heterocycles. The van der Waals surface area contributed by atoms with Gasteiger partial charge in [0.1, 0.15) is 11.8 Å². The van der Waals surface area contributed by atoms with Crippen molar-refractivity contribution in [3.63, 3.8) is 0 Å². The van der Waals surface area contributed by atoms with Gasteiger partial charge in [0.05, 0.1) is 11.1 Å². The number of nitrogens with zero attached hydrogens (tertiary/aromatic N) is 1. The van der Waals surface area contributed by atoms with Gasteiger partial charge in [-0.2, -0.15) is 14.0 Å². The van der Waals surface area contributed by atoms with Gasteiger partial charge in [0, 0.05) is 0 Å². The number of hydrogen-bond donors (Lipinski definition) is 1. The molecule has 0 atom stereocenters. The third-order valence-corrected chi connectivity index (χ3v) is 2.14. The van der Waals surface area contributed by atoms with Crippen molar-refractivity contribution in [1.82, 2.24) is 0 Å². The van der Waals surface area contributed by atoms with Gasteiger partial charge < -0.3 is 9.84 Å². The van der Waals surface area contributed by atoms with Crippen LogP contribution in [0.15, 0.2) is 12.1 Å². The van der Waals surface area contributed by atoms with E-state index in [4.69, 9.17) is 10.4 Å². The molecule has 0 amide bonds. The molecule has 0 aliphatic carbocycles. The maximum Gasteiger partial charge on any atom is 0.387 e. The summed E-state index contributed by atoms with van der Waals surface area (Å²) >= 11 is 0. The van der Waals surface area contributed by atoms with Crippen LogP contribution in [0.25, 0.3) is 0 Å². The minimum absolute atomic E-state index is 0.0576. The van der Waals surface area contributed by atoms with E-state index in [2.05, 4.69) is 4.74 Å². The fourth-order valence-electron chi connectivity index (χ4n) is 1.39. The molecule has 0 bridgehead atoms. The molecule has 0 aliphatic heterocycles. The predicted octanol–water partition coefficient (Wildman–Crippen LogP) is 2.42. The SMILES string of the molecule is CCc1cc(C(=O)O)cc(OC(F)F)c1C#N. The first-order valence-electron chi connectivity index (χ1n) is 4.74. The van der Waals surface area contributed by atoms with Crippen LogP contribution in [-0.4, -0.2) is 17.7 Å². The quantitative estimate of drug-likeness (QED) is 0.878. The molecule has 0 aromatic heterocycles. The van der Waals surface area contributed by atoms with Crippen molar-refractivity contribution in [2.45, 2.75) is 20.0 Å². The second-order valence-corrected chi connectivity index (χ2v) is 3.16. The summed E-state index contributed by atoms with van der Waals surface area (Å²) in [6.45, 7) is -1.41. The Hall–Kier alpha value is -2.16. The van der Waals surface area contributed by atoms with Gasteiger partial charge in [-0.25, -0.2) is 4.79 Å². The lowest BCUT2D eigenvalue weighted by Crippen LogP contribution is -2.07. The number of ether oxygens (including phenoxy) is 1. The minimum atomic E-state index is -3.10. The molecule has 1 rings (SSSR count). The Morgan fingerprint density at radius 2 is 2.24 bits per heavy atom. The third-order valence-electron chi connectivity index (χ3n) is 2.14. The zero-order chi connectivity index (χ0) is 13.0. The number of carboxylic acid groups (broad SMARTS) is 1. The molecular formula is C11H9F2NO3. The molecule has 17 heavy (non-hydrogen) atoms. The molecule has 1 N–H and O–H groups in total. The summed E-state index contributed by atoms with van der Waals surface area (Å²) in [5.74, 6) is -1.66. The van der Waals surface area contributed by atoms with Gasteiger partial charge in [-0.15, -0.1) is 0 Å². The fraction of sp³-hybridized carbons (Fsp3) is 0.273. The predicted molar refractivity (Wildman–Crippen MR) is 54.1 cm³/mol. The number of aryl methyl sites for hydroxylation is 1. The van der Waals surface area contributed by atoms with Crippen molar-refractivity contribution in [2.24, 2.45) is 0 Å². The topological polar surface area (TPSA) is 70.3 Å². The highest BCUT2D eigenvalue weighted by Gasteiger charge is 2.17. The summed E-state index contributed by atoms with van der Waals surface area (Å²) in [6, 6.07) is 3.94. The van der Waals surface area contributed by atoms with Gasteiger partial charge >= 0.3 is 12.6 Å². The fourth-order valence-corrected chi connectivity index (χ4v) is 1.39. The van der Waals surface area contributed by atoms with Gasteiger partial charge in [0.15, 0.2) is 0 Å². The molecule has 90 valence electrons. The summed E-state index contributed by atoms with van der Waals surface area (Å²) in [7, 11) is 0. The molecule has 0 radical (unpaired) electrons. The zero-order valence-electron chi connectivity index (χ0n) is 8.91. The number of carbonyl (C=O) groups is 1. The monoisotopic (exact) mass is 241 g/mol. The van der Waals surface area contributed by atoms with Crippen LogP contribution in [0.2, 0.25) is 0 Å². The van der Waals surface area contributed by atoms with Crippen molar-refractivity contribution >= 4 is 5.97 Å². The Morgan fingerprint density at radius 3 is 2.65 bits per heavy atom. The molecule has 1 aromatic rings. The molecule has 0 saturated carbocycles.